The Morgan fingerprint density at radius 1 is 1.43 bits per heavy atom. The van der Waals surface area contributed by atoms with Gasteiger partial charge in [0.15, 0.2) is 0 Å². The summed E-state index contributed by atoms with van der Waals surface area (Å²) in [6, 6.07) is 0. The van der Waals surface area contributed by atoms with Gasteiger partial charge in [0.1, 0.15) is 4.90 Å². The van der Waals surface area contributed by atoms with Gasteiger partial charge in [-0.2, -0.15) is 18.2 Å². The third-order valence-corrected chi connectivity index (χ3v) is 5.88. The smallest absolute Gasteiger partial charge is 0.333 e. The largest absolute Gasteiger partial charge is 0.466 e. The molecule has 1 aromatic heterocycles. The topological polar surface area (TPSA) is 81.5 Å². The normalized spacial score (nSPS) is 17.6. The number of nitrogens with zero attached hydrogens (tertiary/aromatic N) is 3. The van der Waals surface area contributed by atoms with Crippen LogP contribution >= 0.6 is 0 Å². The lowest BCUT2D eigenvalue weighted by molar-refractivity contribution is -0.149. The number of piperidine rings is 1. The second-order valence-electron chi connectivity index (χ2n) is 5.25. The monoisotopic (exact) mass is 351 g/mol. The maximum absolute atomic E-state index is 12.7. The van der Waals surface area contributed by atoms with E-state index in [0.29, 0.717) is 17.5 Å². The van der Waals surface area contributed by atoms with Crippen molar-refractivity contribution >= 4 is 16.0 Å². The van der Waals surface area contributed by atoms with Crippen LogP contribution < -0.4 is 0 Å². The van der Waals surface area contributed by atoms with Gasteiger partial charge < -0.3 is 4.74 Å². The summed E-state index contributed by atoms with van der Waals surface area (Å²) in [6.07, 6.45) is 1.63. The van der Waals surface area contributed by atoms with Crippen molar-refractivity contribution in [1.82, 2.24) is 14.1 Å². The lowest BCUT2D eigenvalue weighted by atomic mass is 9.98. The van der Waals surface area contributed by atoms with Crippen molar-refractivity contribution in [3.8, 4) is 0 Å². The molecule has 0 saturated carbocycles. The number of esters is 1. The van der Waals surface area contributed by atoms with Crippen LogP contribution in [0.2, 0.25) is 0 Å². The lowest BCUT2D eigenvalue weighted by Crippen LogP contribution is -2.40. The summed E-state index contributed by atoms with van der Waals surface area (Å²) in [6.45, 7) is 0.672. The molecule has 10 heteroatoms. The quantitative estimate of drug-likeness (QED) is 0.752. The van der Waals surface area contributed by atoms with Crippen LogP contribution in [-0.2, 0) is 19.6 Å². The number of rotatable bonds is 5. The van der Waals surface area contributed by atoms with Gasteiger partial charge in [-0.25, -0.2) is 13.1 Å². The number of aromatic nitrogens is 2. The maximum Gasteiger partial charge on any atom is 0.333 e. The van der Waals surface area contributed by atoms with Crippen LogP contribution in [0.4, 0.5) is 8.78 Å². The van der Waals surface area contributed by atoms with Crippen LogP contribution in [-0.4, -0.2) is 48.2 Å². The van der Waals surface area contributed by atoms with E-state index in [4.69, 9.17) is 4.74 Å². The molecule has 0 amide bonds. The molecule has 0 bridgehead atoms. The van der Waals surface area contributed by atoms with E-state index in [9.17, 15) is 22.0 Å². The summed E-state index contributed by atoms with van der Waals surface area (Å²) in [4.78, 5) is 11.4. The van der Waals surface area contributed by atoms with E-state index in [1.165, 1.54) is 11.2 Å². The Morgan fingerprint density at radius 3 is 2.52 bits per heavy atom. The molecule has 1 aromatic rings. The van der Waals surface area contributed by atoms with Gasteiger partial charge in [-0.1, -0.05) is 0 Å². The third kappa shape index (κ3) is 3.52. The minimum absolute atomic E-state index is 0.104. The molecule has 0 radical (unpaired) electrons. The molecule has 0 unspecified atom stereocenters. The van der Waals surface area contributed by atoms with Gasteiger partial charge >= 0.3 is 12.5 Å². The van der Waals surface area contributed by atoms with E-state index >= 15 is 0 Å². The highest BCUT2D eigenvalue weighted by Crippen LogP contribution is 2.27. The van der Waals surface area contributed by atoms with E-state index in [1.54, 1.807) is 6.92 Å². The first-order valence-corrected chi connectivity index (χ1v) is 8.72. The van der Waals surface area contributed by atoms with Crippen molar-refractivity contribution in [2.45, 2.75) is 38.1 Å². The fourth-order valence-electron chi connectivity index (χ4n) is 2.59. The molecule has 0 atom stereocenters. The van der Waals surface area contributed by atoms with E-state index in [2.05, 4.69) is 5.10 Å². The maximum atomic E-state index is 12.7. The predicted molar refractivity (Wildman–Crippen MR) is 76.3 cm³/mol. The number of halogens is 2. The minimum atomic E-state index is -3.90. The molecular formula is C13H19F2N3O4S. The Kier molecular flexibility index (Phi) is 5.35. The van der Waals surface area contributed by atoms with Crippen LogP contribution in [0, 0.1) is 12.8 Å². The minimum Gasteiger partial charge on any atom is -0.466 e. The van der Waals surface area contributed by atoms with Crippen molar-refractivity contribution in [3.05, 3.63) is 11.9 Å². The first kappa shape index (κ1) is 17.8. The molecule has 1 fully saturated rings. The summed E-state index contributed by atoms with van der Waals surface area (Å²) in [5, 5.41) is 3.43. The zero-order valence-electron chi connectivity index (χ0n) is 12.9. The number of carbonyl (C=O) groups excluding carboxylic acids is 1. The van der Waals surface area contributed by atoms with E-state index in [1.807, 2.05) is 0 Å². The van der Waals surface area contributed by atoms with Gasteiger partial charge in [-0.3, -0.25) is 4.79 Å². The molecule has 0 spiro atoms. The summed E-state index contributed by atoms with van der Waals surface area (Å²) in [7, 11) is -3.90. The van der Waals surface area contributed by atoms with Gasteiger partial charge in [0.05, 0.1) is 24.4 Å². The van der Waals surface area contributed by atoms with Crippen LogP contribution in [0.3, 0.4) is 0 Å². The highest BCUT2D eigenvalue weighted by molar-refractivity contribution is 7.89. The molecule has 7 nitrogen and oxygen atoms in total. The fourth-order valence-corrected chi connectivity index (χ4v) is 4.21. The number of carbonyl (C=O) groups is 1. The summed E-state index contributed by atoms with van der Waals surface area (Å²) in [5.74, 6) is -0.655. The van der Waals surface area contributed by atoms with Crippen LogP contribution in [0.15, 0.2) is 11.1 Å². The van der Waals surface area contributed by atoms with Gasteiger partial charge in [0.2, 0.25) is 10.0 Å². The second kappa shape index (κ2) is 6.91. The third-order valence-electron chi connectivity index (χ3n) is 3.88. The number of alkyl halides is 2. The predicted octanol–water partition coefficient (Wildman–Crippen LogP) is 1.55. The highest BCUT2D eigenvalue weighted by Gasteiger charge is 2.35. The van der Waals surface area contributed by atoms with Crippen LogP contribution in [0.25, 0.3) is 0 Å². The average molecular weight is 351 g/mol. The number of hydrogen-bond acceptors (Lipinski definition) is 5. The zero-order valence-corrected chi connectivity index (χ0v) is 13.7. The van der Waals surface area contributed by atoms with E-state index in [-0.39, 0.29) is 42.2 Å². The SMILES string of the molecule is CCOC(=O)C1CCN(S(=O)(=O)c2cnn(C(F)F)c2C)CC1. The van der Waals surface area contributed by atoms with Crippen LogP contribution in [0.1, 0.15) is 32.0 Å². The number of sulfonamides is 1. The standard InChI is InChI=1S/C13H19F2N3O4S/c1-3-22-12(19)10-4-6-17(7-5-10)23(20,21)11-8-16-18(9(11)2)13(14)15/h8,10,13H,3-7H2,1-2H3. The number of hydrogen-bond donors (Lipinski definition) is 0. The average Bonchev–Trinajstić information content (AvgIpc) is 2.90. The Hall–Kier alpha value is -1.55. The Morgan fingerprint density at radius 2 is 2.04 bits per heavy atom. The molecule has 1 aliphatic rings. The molecule has 23 heavy (non-hydrogen) atoms. The molecule has 0 aliphatic carbocycles. The second-order valence-corrected chi connectivity index (χ2v) is 7.15. The molecule has 1 saturated heterocycles. The molecule has 130 valence electrons. The van der Waals surface area contributed by atoms with Crippen molar-refractivity contribution in [3.63, 3.8) is 0 Å². The van der Waals surface area contributed by atoms with Crippen molar-refractivity contribution in [2.75, 3.05) is 19.7 Å². The zero-order chi connectivity index (χ0) is 17.2. The van der Waals surface area contributed by atoms with E-state index in [0.717, 1.165) is 6.20 Å². The first-order chi connectivity index (χ1) is 10.8. The Balaban J connectivity index is 2.12. The first-order valence-electron chi connectivity index (χ1n) is 7.28. The van der Waals surface area contributed by atoms with Gasteiger partial charge in [-0.15, -0.1) is 0 Å². The highest BCUT2D eigenvalue weighted by atomic mass is 32.2. The molecule has 1 aliphatic heterocycles. The van der Waals surface area contributed by atoms with Crippen molar-refractivity contribution in [1.29, 1.82) is 0 Å². The number of ether oxygens (including phenoxy) is 1. The van der Waals surface area contributed by atoms with Gasteiger partial charge in [0, 0.05) is 13.1 Å². The van der Waals surface area contributed by atoms with Gasteiger partial charge in [0.25, 0.3) is 0 Å². The summed E-state index contributed by atoms with van der Waals surface area (Å²) >= 11 is 0. The Labute approximate surface area is 133 Å². The molecule has 0 N–H and O–H groups in total. The fraction of sp³-hybridized carbons (Fsp3) is 0.692. The molecule has 2 heterocycles. The lowest BCUT2D eigenvalue weighted by Gasteiger charge is -2.29. The van der Waals surface area contributed by atoms with Crippen LogP contribution in [0.5, 0.6) is 0 Å². The van der Waals surface area contributed by atoms with E-state index < -0.39 is 16.6 Å². The summed E-state index contributed by atoms with van der Waals surface area (Å²) in [5.41, 5.74) is -0.104. The van der Waals surface area contributed by atoms with Crippen molar-refractivity contribution in [2.24, 2.45) is 5.92 Å². The molecular weight excluding hydrogens is 332 g/mol. The van der Waals surface area contributed by atoms with Crippen molar-refractivity contribution < 1.29 is 26.7 Å². The summed E-state index contributed by atoms with van der Waals surface area (Å²) < 4.78 is 57.1. The Bertz CT molecular complexity index is 667. The van der Waals surface area contributed by atoms with Gasteiger partial charge in [-0.05, 0) is 26.7 Å². The molecule has 2 rings (SSSR count). The molecule has 0 aromatic carbocycles.